The van der Waals surface area contributed by atoms with E-state index in [0.717, 1.165) is 10.6 Å². The molecule has 0 saturated carbocycles. The second-order valence-electron chi connectivity index (χ2n) is 3.96. The molecular formula is C14H15N3O2S. The lowest BCUT2D eigenvalue weighted by Crippen LogP contribution is -2.22. The van der Waals surface area contributed by atoms with Crippen LogP contribution in [0.5, 0.6) is 0 Å². The molecule has 1 heterocycles. The molecule has 0 radical (unpaired) electrons. The van der Waals surface area contributed by atoms with Gasteiger partial charge in [-0.2, -0.15) is 0 Å². The molecule has 0 amide bonds. The minimum atomic E-state index is -0.592. The summed E-state index contributed by atoms with van der Waals surface area (Å²) in [5.41, 5.74) is 0.823. The number of anilines is 1. The molecule has 0 spiro atoms. The smallest absolute Gasteiger partial charge is 0.333 e. The average molecular weight is 289 g/mol. The van der Waals surface area contributed by atoms with E-state index >= 15 is 0 Å². The van der Waals surface area contributed by atoms with Crippen LogP contribution in [0, 0.1) is 0 Å². The van der Waals surface area contributed by atoms with Crippen LogP contribution in [0.25, 0.3) is 0 Å². The Morgan fingerprint density at radius 3 is 2.70 bits per heavy atom. The normalized spacial score (nSPS) is 11.7. The van der Waals surface area contributed by atoms with Crippen LogP contribution in [0.1, 0.15) is 11.6 Å². The van der Waals surface area contributed by atoms with Crippen molar-refractivity contribution < 1.29 is 9.53 Å². The molecule has 0 aliphatic carbocycles. The van der Waals surface area contributed by atoms with Gasteiger partial charge in [-0.1, -0.05) is 30.3 Å². The van der Waals surface area contributed by atoms with Crippen molar-refractivity contribution in [3.63, 3.8) is 0 Å². The summed E-state index contributed by atoms with van der Waals surface area (Å²) in [5.74, 6) is 0.226. The number of thioether (sulfide) groups is 1. The van der Waals surface area contributed by atoms with Crippen molar-refractivity contribution in [3.05, 3.63) is 48.3 Å². The summed E-state index contributed by atoms with van der Waals surface area (Å²) >= 11 is 1.51. The summed E-state index contributed by atoms with van der Waals surface area (Å²) in [7, 11) is 1.37. The number of benzene rings is 1. The van der Waals surface area contributed by atoms with E-state index in [1.54, 1.807) is 6.07 Å². The van der Waals surface area contributed by atoms with Gasteiger partial charge < -0.3 is 10.1 Å². The number of aromatic nitrogens is 2. The maximum atomic E-state index is 11.9. The van der Waals surface area contributed by atoms with E-state index in [-0.39, 0.29) is 5.97 Å². The molecule has 1 atom stereocenters. The van der Waals surface area contributed by atoms with Gasteiger partial charge in [-0.05, 0) is 11.8 Å². The Kier molecular flexibility index (Phi) is 4.95. The molecule has 1 aromatic heterocycles. The molecule has 2 aromatic rings. The van der Waals surface area contributed by atoms with E-state index in [4.69, 9.17) is 4.74 Å². The van der Waals surface area contributed by atoms with Crippen molar-refractivity contribution >= 4 is 23.5 Å². The molecular weight excluding hydrogens is 274 g/mol. The van der Waals surface area contributed by atoms with Crippen LogP contribution in [0.2, 0.25) is 0 Å². The zero-order valence-electron chi connectivity index (χ0n) is 11.2. The van der Waals surface area contributed by atoms with Gasteiger partial charge in [0.1, 0.15) is 17.2 Å². The Morgan fingerprint density at radius 2 is 2.05 bits per heavy atom. The first-order valence-electron chi connectivity index (χ1n) is 6.00. The highest BCUT2D eigenvalue weighted by Crippen LogP contribution is 2.21. The average Bonchev–Trinajstić information content (AvgIpc) is 2.53. The zero-order valence-corrected chi connectivity index (χ0v) is 12.1. The van der Waals surface area contributed by atoms with Crippen LogP contribution in [-0.2, 0) is 9.53 Å². The van der Waals surface area contributed by atoms with Crippen LogP contribution < -0.4 is 5.32 Å². The highest BCUT2D eigenvalue weighted by atomic mass is 32.2. The largest absolute Gasteiger partial charge is 0.467 e. The number of methoxy groups -OCH3 is 1. The predicted molar refractivity (Wildman–Crippen MR) is 78.6 cm³/mol. The summed E-state index contributed by atoms with van der Waals surface area (Å²) < 4.78 is 4.85. The highest BCUT2D eigenvalue weighted by Gasteiger charge is 2.21. The van der Waals surface area contributed by atoms with E-state index in [0.29, 0.717) is 5.82 Å². The Hall–Kier alpha value is -2.08. The lowest BCUT2D eigenvalue weighted by atomic mass is 10.1. The van der Waals surface area contributed by atoms with Gasteiger partial charge in [-0.25, -0.2) is 14.8 Å². The molecule has 1 aromatic carbocycles. The topological polar surface area (TPSA) is 64.1 Å². The Labute approximate surface area is 121 Å². The zero-order chi connectivity index (χ0) is 14.4. The molecule has 0 aliphatic rings. The summed E-state index contributed by atoms with van der Waals surface area (Å²) in [4.78, 5) is 20.2. The van der Waals surface area contributed by atoms with Crippen LogP contribution >= 0.6 is 11.8 Å². The van der Waals surface area contributed by atoms with Gasteiger partial charge >= 0.3 is 5.97 Å². The van der Waals surface area contributed by atoms with Gasteiger partial charge in [0, 0.05) is 6.07 Å². The lowest BCUT2D eigenvalue weighted by Gasteiger charge is -2.17. The molecule has 5 nitrogen and oxygen atoms in total. The van der Waals surface area contributed by atoms with E-state index in [1.165, 1.54) is 25.2 Å². The van der Waals surface area contributed by atoms with E-state index < -0.39 is 6.04 Å². The van der Waals surface area contributed by atoms with E-state index in [9.17, 15) is 4.79 Å². The second kappa shape index (κ2) is 6.91. The number of carbonyl (C=O) groups excluding carboxylic acids is 1. The van der Waals surface area contributed by atoms with Crippen LogP contribution in [-0.4, -0.2) is 29.3 Å². The number of hydrogen-bond acceptors (Lipinski definition) is 6. The molecule has 20 heavy (non-hydrogen) atoms. The summed E-state index contributed by atoms with van der Waals surface area (Å²) in [6, 6.07) is 10.6. The number of rotatable bonds is 5. The maximum Gasteiger partial charge on any atom is 0.333 e. The van der Waals surface area contributed by atoms with Gasteiger partial charge in [-0.3, -0.25) is 0 Å². The van der Waals surface area contributed by atoms with Crippen LogP contribution in [0.15, 0.2) is 47.8 Å². The first kappa shape index (κ1) is 14.3. The summed E-state index contributed by atoms with van der Waals surface area (Å²) in [6.45, 7) is 0. The standard InChI is InChI=1S/C14H15N3O2S/c1-19-14(18)13(10-6-4-3-5-7-10)17-11-8-12(20-2)16-9-15-11/h3-9,13H,1-2H3,(H,15,16,17). The van der Waals surface area contributed by atoms with Crippen molar-refractivity contribution in [1.82, 2.24) is 9.97 Å². The molecule has 1 N–H and O–H groups in total. The number of ether oxygens (including phenoxy) is 1. The van der Waals surface area contributed by atoms with Crippen molar-refractivity contribution in [2.75, 3.05) is 18.7 Å². The van der Waals surface area contributed by atoms with Crippen molar-refractivity contribution in [2.45, 2.75) is 11.1 Å². The quantitative estimate of drug-likeness (QED) is 0.518. The molecule has 1 unspecified atom stereocenters. The lowest BCUT2D eigenvalue weighted by molar-refractivity contribution is -0.141. The molecule has 0 bridgehead atoms. The first-order chi connectivity index (χ1) is 9.74. The Morgan fingerprint density at radius 1 is 1.30 bits per heavy atom. The minimum absolute atomic E-state index is 0.361. The van der Waals surface area contributed by atoms with Gasteiger partial charge in [0.05, 0.1) is 7.11 Å². The van der Waals surface area contributed by atoms with Crippen molar-refractivity contribution in [2.24, 2.45) is 0 Å². The third kappa shape index (κ3) is 3.48. The molecule has 0 fully saturated rings. The molecule has 0 aliphatic heterocycles. The monoisotopic (exact) mass is 289 g/mol. The number of nitrogens with zero attached hydrogens (tertiary/aromatic N) is 2. The summed E-state index contributed by atoms with van der Waals surface area (Å²) in [6.07, 6.45) is 3.40. The number of carbonyl (C=O) groups is 1. The fourth-order valence-electron chi connectivity index (χ4n) is 1.72. The van der Waals surface area contributed by atoms with Crippen LogP contribution in [0.3, 0.4) is 0 Å². The van der Waals surface area contributed by atoms with E-state index in [2.05, 4.69) is 15.3 Å². The third-order valence-corrected chi connectivity index (χ3v) is 3.35. The SMILES string of the molecule is COC(=O)C(Nc1cc(SC)ncn1)c1ccccc1. The predicted octanol–water partition coefficient (Wildman–Crippen LogP) is 2.52. The Bertz CT molecular complexity index is 578. The number of esters is 1. The molecule has 6 heteroatoms. The first-order valence-corrected chi connectivity index (χ1v) is 7.22. The number of nitrogens with one attached hydrogen (secondary N) is 1. The third-order valence-electron chi connectivity index (χ3n) is 2.71. The molecule has 104 valence electrons. The number of hydrogen-bond donors (Lipinski definition) is 1. The van der Waals surface area contributed by atoms with Crippen molar-refractivity contribution in [3.8, 4) is 0 Å². The second-order valence-corrected chi connectivity index (χ2v) is 4.78. The highest BCUT2D eigenvalue weighted by molar-refractivity contribution is 7.98. The van der Waals surface area contributed by atoms with Gasteiger partial charge in [-0.15, -0.1) is 11.8 Å². The van der Waals surface area contributed by atoms with Gasteiger partial charge in [0.15, 0.2) is 6.04 Å². The maximum absolute atomic E-state index is 11.9. The Balaban J connectivity index is 2.26. The molecule has 2 rings (SSSR count). The fraction of sp³-hybridized carbons (Fsp3) is 0.214. The minimum Gasteiger partial charge on any atom is -0.467 e. The molecule has 0 saturated heterocycles. The van der Waals surface area contributed by atoms with Crippen molar-refractivity contribution in [1.29, 1.82) is 0 Å². The fourth-order valence-corrected chi connectivity index (χ4v) is 2.10. The van der Waals surface area contributed by atoms with Gasteiger partial charge in [0.25, 0.3) is 0 Å². The summed E-state index contributed by atoms with van der Waals surface area (Å²) in [5, 5.41) is 3.91. The van der Waals surface area contributed by atoms with Gasteiger partial charge in [0.2, 0.25) is 0 Å². The van der Waals surface area contributed by atoms with Crippen LogP contribution in [0.4, 0.5) is 5.82 Å². The van der Waals surface area contributed by atoms with E-state index in [1.807, 2.05) is 36.6 Å².